The average molecular weight is 494 g/mol. The zero-order valence-corrected chi connectivity index (χ0v) is 18.7. The molecule has 176 valence electrons. The molecule has 3 aromatic carbocycles. The topological polar surface area (TPSA) is 105 Å². The van der Waals surface area contributed by atoms with Gasteiger partial charge in [0.2, 0.25) is 0 Å². The molecule has 1 aliphatic heterocycles. The first-order chi connectivity index (χ1) is 16.8. The highest BCUT2D eigenvalue weighted by molar-refractivity contribution is 6.39. The molecule has 1 heterocycles. The average Bonchev–Trinajstić information content (AvgIpc) is 2.82. The molecule has 1 aliphatic rings. The van der Waals surface area contributed by atoms with E-state index in [1.807, 2.05) is 0 Å². The Morgan fingerprint density at radius 2 is 1.77 bits per heavy atom. The van der Waals surface area contributed by atoms with Crippen molar-refractivity contribution in [1.82, 2.24) is 5.32 Å². The number of carbonyl (C=O) groups is 4. The van der Waals surface area contributed by atoms with Crippen LogP contribution in [0.5, 0.6) is 5.75 Å². The Kier molecular flexibility index (Phi) is 6.88. The van der Waals surface area contributed by atoms with Gasteiger partial charge in [-0.1, -0.05) is 41.9 Å². The molecule has 2 N–H and O–H groups in total. The van der Waals surface area contributed by atoms with Crippen LogP contribution in [-0.4, -0.2) is 30.4 Å². The summed E-state index contributed by atoms with van der Waals surface area (Å²) in [5.74, 6) is -2.40. The van der Waals surface area contributed by atoms with Crippen LogP contribution in [0.3, 0.4) is 0 Å². The lowest BCUT2D eigenvalue weighted by Crippen LogP contribution is -2.54. The van der Waals surface area contributed by atoms with E-state index in [-0.39, 0.29) is 23.6 Å². The number of halogens is 2. The summed E-state index contributed by atoms with van der Waals surface area (Å²) in [5, 5.41) is 4.87. The van der Waals surface area contributed by atoms with Crippen molar-refractivity contribution in [2.75, 3.05) is 16.8 Å². The summed E-state index contributed by atoms with van der Waals surface area (Å²) in [7, 11) is 0. The second kappa shape index (κ2) is 10.2. The Hall–Kier alpha value is -4.50. The van der Waals surface area contributed by atoms with Gasteiger partial charge in [-0.25, -0.2) is 14.1 Å². The zero-order chi connectivity index (χ0) is 24.9. The summed E-state index contributed by atoms with van der Waals surface area (Å²) >= 11 is 5.96. The lowest BCUT2D eigenvalue weighted by molar-refractivity contribution is -0.122. The maximum atomic E-state index is 13.6. The number of urea groups is 1. The molecule has 4 rings (SSSR count). The van der Waals surface area contributed by atoms with Gasteiger partial charge in [-0.3, -0.25) is 19.7 Å². The number of ether oxygens (including phenoxy) is 1. The number of hydrogen-bond donors (Lipinski definition) is 2. The molecular weight excluding hydrogens is 477 g/mol. The van der Waals surface area contributed by atoms with E-state index in [0.717, 1.165) is 4.90 Å². The van der Waals surface area contributed by atoms with E-state index in [0.29, 0.717) is 16.3 Å². The highest BCUT2D eigenvalue weighted by atomic mass is 35.5. The van der Waals surface area contributed by atoms with Gasteiger partial charge >= 0.3 is 6.03 Å². The highest BCUT2D eigenvalue weighted by Gasteiger charge is 2.36. The van der Waals surface area contributed by atoms with Crippen molar-refractivity contribution >= 4 is 52.8 Å². The first kappa shape index (κ1) is 23.7. The second-order valence-electron chi connectivity index (χ2n) is 7.32. The first-order valence-corrected chi connectivity index (χ1v) is 10.6. The molecule has 0 atom stereocenters. The standard InChI is InChI=1S/C25H17ClFN3O5/c26-16-4-3-5-17(13-16)30-24(33)19(23(32)29-25(30)34)12-15-8-10-18(11-9-15)35-14-22(31)28-21-7-2-1-6-20(21)27/h1-13H,14H2,(H,28,31)(H,29,32,34)/b19-12+. The predicted octanol–water partition coefficient (Wildman–Crippen LogP) is 4.16. The van der Waals surface area contributed by atoms with Gasteiger partial charge in [-0.2, -0.15) is 0 Å². The van der Waals surface area contributed by atoms with Crippen molar-refractivity contribution in [2.24, 2.45) is 0 Å². The molecule has 0 saturated carbocycles. The van der Waals surface area contributed by atoms with Crippen molar-refractivity contribution in [3.05, 3.63) is 94.8 Å². The number of amides is 5. The fourth-order valence-electron chi connectivity index (χ4n) is 3.23. The van der Waals surface area contributed by atoms with Crippen LogP contribution < -0.4 is 20.3 Å². The summed E-state index contributed by atoms with van der Waals surface area (Å²) in [5.41, 5.74) is 0.495. The van der Waals surface area contributed by atoms with Gasteiger partial charge in [-0.15, -0.1) is 0 Å². The van der Waals surface area contributed by atoms with Gasteiger partial charge in [0.05, 0.1) is 11.4 Å². The normalized spacial score (nSPS) is 14.6. The Morgan fingerprint density at radius 1 is 1.03 bits per heavy atom. The third-order valence-corrected chi connectivity index (χ3v) is 5.11. The number of rotatable bonds is 6. The molecule has 0 radical (unpaired) electrons. The second-order valence-corrected chi connectivity index (χ2v) is 7.76. The van der Waals surface area contributed by atoms with E-state index < -0.39 is 29.6 Å². The molecule has 0 bridgehead atoms. The third-order valence-electron chi connectivity index (χ3n) is 4.88. The molecule has 0 unspecified atom stereocenters. The van der Waals surface area contributed by atoms with E-state index in [4.69, 9.17) is 16.3 Å². The maximum absolute atomic E-state index is 13.6. The number of hydrogen-bond acceptors (Lipinski definition) is 5. The molecule has 35 heavy (non-hydrogen) atoms. The van der Waals surface area contributed by atoms with Crippen molar-refractivity contribution < 1.29 is 28.3 Å². The maximum Gasteiger partial charge on any atom is 0.335 e. The molecule has 0 aromatic heterocycles. The SMILES string of the molecule is O=C(COc1ccc(/C=C2\C(=O)NC(=O)N(c3cccc(Cl)c3)C2=O)cc1)Nc1ccccc1F. The summed E-state index contributed by atoms with van der Waals surface area (Å²) < 4.78 is 19.0. The van der Waals surface area contributed by atoms with Crippen LogP contribution in [0.2, 0.25) is 5.02 Å². The van der Waals surface area contributed by atoms with Crippen LogP contribution in [0.4, 0.5) is 20.6 Å². The molecular formula is C25H17ClFN3O5. The molecule has 5 amide bonds. The number of barbiturate groups is 1. The molecule has 3 aromatic rings. The van der Waals surface area contributed by atoms with E-state index in [2.05, 4.69) is 10.6 Å². The lowest BCUT2D eigenvalue weighted by Gasteiger charge is -2.26. The minimum atomic E-state index is -0.878. The van der Waals surface area contributed by atoms with E-state index >= 15 is 0 Å². The van der Waals surface area contributed by atoms with Crippen molar-refractivity contribution in [3.8, 4) is 5.75 Å². The zero-order valence-electron chi connectivity index (χ0n) is 18.0. The van der Waals surface area contributed by atoms with E-state index in [1.165, 1.54) is 48.5 Å². The van der Waals surface area contributed by atoms with Gasteiger partial charge in [0.25, 0.3) is 17.7 Å². The van der Waals surface area contributed by atoms with Crippen LogP contribution in [0.1, 0.15) is 5.56 Å². The number of para-hydroxylation sites is 1. The Bertz CT molecular complexity index is 1360. The minimum Gasteiger partial charge on any atom is -0.484 e. The summed E-state index contributed by atoms with van der Waals surface area (Å²) in [6.45, 7) is -0.355. The largest absolute Gasteiger partial charge is 0.484 e. The van der Waals surface area contributed by atoms with Gasteiger partial charge in [0.15, 0.2) is 6.61 Å². The number of anilines is 2. The number of benzene rings is 3. The third kappa shape index (κ3) is 5.53. The summed E-state index contributed by atoms with van der Waals surface area (Å²) in [6, 6.07) is 17.2. The number of imide groups is 2. The van der Waals surface area contributed by atoms with Crippen molar-refractivity contribution in [1.29, 1.82) is 0 Å². The van der Waals surface area contributed by atoms with Gasteiger partial charge < -0.3 is 10.1 Å². The van der Waals surface area contributed by atoms with Crippen LogP contribution >= 0.6 is 11.6 Å². The Labute approximate surface area is 203 Å². The van der Waals surface area contributed by atoms with Crippen LogP contribution in [0.15, 0.2) is 78.4 Å². The van der Waals surface area contributed by atoms with Gasteiger partial charge in [0, 0.05) is 5.02 Å². The monoisotopic (exact) mass is 493 g/mol. The van der Waals surface area contributed by atoms with Gasteiger partial charge in [-0.05, 0) is 54.1 Å². The molecule has 8 nitrogen and oxygen atoms in total. The summed E-state index contributed by atoms with van der Waals surface area (Å²) in [4.78, 5) is 50.3. The number of nitrogens with zero attached hydrogens (tertiary/aromatic N) is 1. The van der Waals surface area contributed by atoms with Crippen LogP contribution in [-0.2, 0) is 14.4 Å². The lowest BCUT2D eigenvalue weighted by atomic mass is 10.1. The van der Waals surface area contributed by atoms with Crippen molar-refractivity contribution in [2.45, 2.75) is 0 Å². The predicted molar refractivity (Wildman–Crippen MR) is 127 cm³/mol. The Morgan fingerprint density at radius 3 is 2.49 bits per heavy atom. The molecule has 1 fully saturated rings. The van der Waals surface area contributed by atoms with E-state index in [1.54, 1.807) is 30.3 Å². The molecule has 0 spiro atoms. The molecule has 10 heteroatoms. The quantitative estimate of drug-likeness (QED) is 0.396. The first-order valence-electron chi connectivity index (χ1n) is 10.3. The molecule has 1 saturated heterocycles. The minimum absolute atomic E-state index is 0.0452. The van der Waals surface area contributed by atoms with Crippen LogP contribution in [0, 0.1) is 5.82 Å². The fourth-order valence-corrected chi connectivity index (χ4v) is 3.42. The van der Waals surface area contributed by atoms with Gasteiger partial charge in [0.1, 0.15) is 17.1 Å². The summed E-state index contributed by atoms with van der Waals surface area (Å²) in [6.07, 6.45) is 1.33. The van der Waals surface area contributed by atoms with Crippen LogP contribution in [0.25, 0.3) is 6.08 Å². The number of nitrogens with one attached hydrogen (secondary N) is 2. The van der Waals surface area contributed by atoms with E-state index in [9.17, 15) is 23.6 Å². The highest BCUT2D eigenvalue weighted by Crippen LogP contribution is 2.25. The van der Waals surface area contributed by atoms with Crippen molar-refractivity contribution in [3.63, 3.8) is 0 Å². The fraction of sp³-hybridized carbons (Fsp3) is 0.0400. The Balaban J connectivity index is 1.44. The molecule has 0 aliphatic carbocycles. The number of carbonyl (C=O) groups excluding carboxylic acids is 4. The smallest absolute Gasteiger partial charge is 0.335 e.